The van der Waals surface area contributed by atoms with Crippen LogP contribution < -0.4 is 0 Å². The van der Waals surface area contributed by atoms with Crippen LogP contribution in [0.2, 0.25) is 0 Å². The van der Waals surface area contributed by atoms with Crippen LogP contribution in [0, 0.1) is 13.8 Å². The van der Waals surface area contributed by atoms with Crippen LogP contribution in [0.5, 0.6) is 0 Å². The van der Waals surface area contributed by atoms with E-state index in [0.29, 0.717) is 12.1 Å². The van der Waals surface area contributed by atoms with Gasteiger partial charge in [-0.05, 0) is 45.6 Å². The van der Waals surface area contributed by atoms with E-state index >= 15 is 0 Å². The first kappa shape index (κ1) is 19.5. The molecular weight excluding hydrogens is 344 g/mol. The predicted octanol–water partition coefficient (Wildman–Crippen LogP) is 3.21. The van der Waals surface area contributed by atoms with Gasteiger partial charge in [-0.15, -0.1) is 11.3 Å². The lowest BCUT2D eigenvalue weighted by atomic mass is 10.1. The molecule has 1 aliphatic rings. The number of hydrogen-bond acceptors (Lipinski definition) is 5. The van der Waals surface area contributed by atoms with Crippen molar-refractivity contribution in [2.45, 2.75) is 59.3 Å². The number of rotatable bonds is 7. The topological polar surface area (TPSA) is 44.5 Å². The average molecular weight is 377 g/mol. The molecule has 26 heavy (non-hydrogen) atoms. The molecule has 2 aromatic heterocycles. The highest BCUT2D eigenvalue weighted by Crippen LogP contribution is 2.23. The fourth-order valence-electron chi connectivity index (χ4n) is 3.99. The number of hydrogen-bond donors (Lipinski definition) is 1. The van der Waals surface area contributed by atoms with E-state index in [2.05, 4.69) is 59.7 Å². The van der Waals surface area contributed by atoms with Gasteiger partial charge in [0.25, 0.3) is 0 Å². The van der Waals surface area contributed by atoms with Crippen molar-refractivity contribution in [1.82, 2.24) is 19.6 Å². The summed E-state index contributed by atoms with van der Waals surface area (Å²) >= 11 is 1.82. The van der Waals surface area contributed by atoms with Gasteiger partial charge in [0.15, 0.2) is 0 Å². The third-order valence-electron chi connectivity index (χ3n) is 5.44. The fraction of sp³-hybridized carbons (Fsp3) is 0.650. The van der Waals surface area contributed by atoms with E-state index in [1.54, 1.807) is 0 Å². The van der Waals surface area contributed by atoms with Crippen molar-refractivity contribution in [2.75, 3.05) is 26.2 Å². The van der Waals surface area contributed by atoms with E-state index in [9.17, 15) is 5.11 Å². The average Bonchev–Trinajstić information content (AvgIpc) is 3.20. The first-order valence-corrected chi connectivity index (χ1v) is 10.5. The van der Waals surface area contributed by atoms with Gasteiger partial charge >= 0.3 is 0 Å². The van der Waals surface area contributed by atoms with Crippen LogP contribution >= 0.6 is 11.3 Å². The smallest absolute Gasteiger partial charge is 0.0641 e. The lowest BCUT2D eigenvalue weighted by molar-refractivity contribution is 0.0504. The molecule has 1 aliphatic heterocycles. The number of aliphatic hydroxyl groups excluding tert-OH is 1. The predicted molar refractivity (Wildman–Crippen MR) is 108 cm³/mol. The van der Waals surface area contributed by atoms with Crippen LogP contribution in [-0.2, 0) is 13.1 Å². The van der Waals surface area contributed by atoms with Gasteiger partial charge in [-0.2, -0.15) is 5.10 Å². The highest BCUT2D eigenvalue weighted by atomic mass is 32.1. The van der Waals surface area contributed by atoms with E-state index in [0.717, 1.165) is 44.8 Å². The zero-order valence-electron chi connectivity index (χ0n) is 16.5. The Hall–Kier alpha value is -1.21. The van der Waals surface area contributed by atoms with E-state index in [1.165, 1.54) is 16.1 Å². The van der Waals surface area contributed by atoms with Crippen molar-refractivity contribution in [2.24, 2.45) is 0 Å². The summed E-state index contributed by atoms with van der Waals surface area (Å²) in [6.45, 7) is 14.0. The number of aliphatic hydroxyl groups is 1. The Balaban J connectivity index is 1.67. The van der Waals surface area contributed by atoms with Crippen LogP contribution in [-0.4, -0.2) is 57.0 Å². The molecule has 2 aromatic rings. The summed E-state index contributed by atoms with van der Waals surface area (Å²) in [6.07, 6.45) is 0.838. The molecule has 0 amide bonds. The maximum atomic E-state index is 9.54. The van der Waals surface area contributed by atoms with Crippen LogP contribution in [0.25, 0.3) is 0 Å². The zero-order chi connectivity index (χ0) is 18.7. The molecular formula is C20H32N4OS. The first-order chi connectivity index (χ1) is 12.5. The Kier molecular flexibility index (Phi) is 6.51. The summed E-state index contributed by atoms with van der Waals surface area (Å²) in [5.41, 5.74) is 3.81. The Morgan fingerprint density at radius 3 is 2.69 bits per heavy atom. The fourth-order valence-corrected chi connectivity index (χ4v) is 4.72. The first-order valence-electron chi connectivity index (χ1n) is 9.63. The summed E-state index contributed by atoms with van der Waals surface area (Å²) in [6, 6.07) is 5.14. The normalized spacial score (nSPS) is 19.5. The molecule has 0 spiro atoms. The molecule has 0 aromatic carbocycles. The second-order valence-electron chi connectivity index (χ2n) is 7.64. The summed E-state index contributed by atoms with van der Waals surface area (Å²) in [7, 11) is 0. The van der Waals surface area contributed by atoms with Gasteiger partial charge in [0.1, 0.15) is 0 Å². The van der Waals surface area contributed by atoms with Gasteiger partial charge in [0.2, 0.25) is 0 Å². The second kappa shape index (κ2) is 8.65. The van der Waals surface area contributed by atoms with Gasteiger partial charge in [-0.25, -0.2) is 0 Å². The molecule has 1 N–H and O–H groups in total. The van der Waals surface area contributed by atoms with Crippen molar-refractivity contribution >= 4 is 11.3 Å². The maximum Gasteiger partial charge on any atom is 0.0641 e. The van der Waals surface area contributed by atoms with Gasteiger partial charge in [0, 0.05) is 67.5 Å². The molecule has 1 saturated heterocycles. The molecule has 0 bridgehead atoms. The minimum Gasteiger partial charge on any atom is -0.396 e. The standard InChI is InChI=1S/C20H32N4OS/c1-15(2)24-17(4)20(16(3)21-24)14-22-8-9-23(18(12-22)7-10-25)13-19-6-5-11-26-19/h5-6,11,15,18,25H,7-10,12-14H2,1-4H3. The number of piperazine rings is 1. The van der Waals surface area contributed by atoms with Crippen LogP contribution in [0.3, 0.4) is 0 Å². The second-order valence-corrected chi connectivity index (χ2v) is 8.67. The third-order valence-corrected chi connectivity index (χ3v) is 6.30. The molecule has 3 rings (SSSR count). The summed E-state index contributed by atoms with van der Waals surface area (Å²) in [5.74, 6) is 0. The maximum absolute atomic E-state index is 9.54. The minimum atomic E-state index is 0.253. The molecule has 0 aliphatic carbocycles. The van der Waals surface area contributed by atoms with Gasteiger partial charge in [-0.1, -0.05) is 6.07 Å². The molecule has 144 valence electrons. The minimum absolute atomic E-state index is 0.253. The molecule has 1 unspecified atom stereocenters. The van der Waals surface area contributed by atoms with Crippen molar-refractivity contribution in [1.29, 1.82) is 0 Å². The highest BCUT2D eigenvalue weighted by molar-refractivity contribution is 7.09. The van der Waals surface area contributed by atoms with E-state index in [1.807, 2.05) is 11.3 Å². The SMILES string of the molecule is Cc1nn(C(C)C)c(C)c1CN1CCN(Cc2cccs2)C(CCO)C1. The summed E-state index contributed by atoms with van der Waals surface area (Å²) in [5, 5.41) is 16.4. The Morgan fingerprint density at radius 1 is 1.27 bits per heavy atom. The quantitative estimate of drug-likeness (QED) is 0.806. The molecule has 0 saturated carbocycles. The molecule has 5 nitrogen and oxygen atoms in total. The Bertz CT molecular complexity index is 695. The van der Waals surface area contributed by atoms with Crippen molar-refractivity contribution < 1.29 is 5.11 Å². The van der Waals surface area contributed by atoms with E-state index < -0.39 is 0 Å². The van der Waals surface area contributed by atoms with Crippen LogP contribution in [0.4, 0.5) is 0 Å². The Morgan fingerprint density at radius 2 is 2.08 bits per heavy atom. The highest BCUT2D eigenvalue weighted by Gasteiger charge is 2.28. The van der Waals surface area contributed by atoms with Crippen molar-refractivity contribution in [3.05, 3.63) is 39.3 Å². The van der Waals surface area contributed by atoms with Crippen LogP contribution in [0.15, 0.2) is 17.5 Å². The largest absolute Gasteiger partial charge is 0.396 e. The van der Waals surface area contributed by atoms with Crippen LogP contribution in [0.1, 0.15) is 48.1 Å². The Labute approximate surface area is 161 Å². The zero-order valence-corrected chi connectivity index (χ0v) is 17.3. The van der Waals surface area contributed by atoms with Crippen molar-refractivity contribution in [3.8, 4) is 0 Å². The van der Waals surface area contributed by atoms with Gasteiger partial charge in [0.05, 0.1) is 5.69 Å². The molecule has 3 heterocycles. The summed E-state index contributed by atoms with van der Waals surface area (Å²) < 4.78 is 2.14. The van der Waals surface area contributed by atoms with Crippen molar-refractivity contribution in [3.63, 3.8) is 0 Å². The molecule has 1 atom stereocenters. The van der Waals surface area contributed by atoms with E-state index in [4.69, 9.17) is 5.10 Å². The molecule has 1 fully saturated rings. The van der Waals surface area contributed by atoms with Gasteiger partial charge < -0.3 is 5.11 Å². The third kappa shape index (κ3) is 4.36. The number of aryl methyl sites for hydroxylation is 1. The number of thiophene rings is 1. The lowest BCUT2D eigenvalue weighted by Crippen LogP contribution is -2.52. The van der Waals surface area contributed by atoms with E-state index in [-0.39, 0.29) is 6.61 Å². The monoisotopic (exact) mass is 376 g/mol. The molecule has 0 radical (unpaired) electrons. The number of aromatic nitrogens is 2. The van der Waals surface area contributed by atoms with Gasteiger partial charge in [-0.3, -0.25) is 14.5 Å². The number of nitrogens with zero attached hydrogens (tertiary/aromatic N) is 4. The lowest BCUT2D eigenvalue weighted by Gasteiger charge is -2.41. The summed E-state index contributed by atoms with van der Waals surface area (Å²) in [4.78, 5) is 6.48. The molecule has 6 heteroatoms.